The van der Waals surface area contributed by atoms with Gasteiger partial charge in [-0.3, -0.25) is 0 Å². The fraction of sp³-hybridized carbons (Fsp3) is 0.533. The summed E-state index contributed by atoms with van der Waals surface area (Å²) in [6.07, 6.45) is 6.72. The van der Waals surface area contributed by atoms with Crippen LogP contribution in [0.2, 0.25) is 0 Å². The number of rotatable bonds is 3. The van der Waals surface area contributed by atoms with Gasteiger partial charge in [0.2, 0.25) is 0 Å². The van der Waals surface area contributed by atoms with Gasteiger partial charge < -0.3 is 15.0 Å². The zero-order valence-electron chi connectivity index (χ0n) is 11.5. The van der Waals surface area contributed by atoms with Crippen LogP contribution in [0.5, 0.6) is 0 Å². The third kappa shape index (κ3) is 2.51. The molecule has 3 rings (SSSR count). The maximum absolute atomic E-state index is 5.68. The molecule has 1 aliphatic heterocycles. The summed E-state index contributed by atoms with van der Waals surface area (Å²) in [5.74, 6) is 0.615. The summed E-state index contributed by atoms with van der Waals surface area (Å²) >= 11 is 0. The third-order valence-corrected chi connectivity index (χ3v) is 4.22. The Hall–Kier alpha value is -1.39. The van der Waals surface area contributed by atoms with E-state index in [-0.39, 0.29) is 0 Å². The van der Waals surface area contributed by atoms with Gasteiger partial charge in [-0.1, -0.05) is 13.0 Å². The van der Waals surface area contributed by atoms with Gasteiger partial charge in [0, 0.05) is 24.9 Å². The van der Waals surface area contributed by atoms with Crippen LogP contribution >= 0.6 is 0 Å². The molecule has 4 heteroatoms. The highest BCUT2D eigenvalue weighted by Crippen LogP contribution is 2.27. The van der Waals surface area contributed by atoms with Crippen molar-refractivity contribution in [2.75, 3.05) is 19.6 Å². The predicted molar refractivity (Wildman–Crippen MR) is 77.2 cm³/mol. The summed E-state index contributed by atoms with van der Waals surface area (Å²) in [4.78, 5) is 7.28. The highest BCUT2D eigenvalue weighted by atomic mass is 15.1. The van der Waals surface area contributed by atoms with Gasteiger partial charge in [-0.05, 0) is 44.1 Å². The second-order valence-electron chi connectivity index (χ2n) is 5.38. The van der Waals surface area contributed by atoms with Crippen molar-refractivity contribution in [3.05, 3.63) is 35.8 Å². The molecule has 2 aromatic heterocycles. The van der Waals surface area contributed by atoms with Crippen molar-refractivity contribution in [2.45, 2.75) is 32.2 Å². The SMILES string of the molecule is CCN1CCC(c2cn3cc(CN)ccc3n2)CC1. The minimum absolute atomic E-state index is 0.582. The molecule has 0 saturated carbocycles. The van der Waals surface area contributed by atoms with Gasteiger partial charge in [-0.15, -0.1) is 0 Å². The average molecular weight is 258 g/mol. The molecule has 0 aromatic carbocycles. The van der Waals surface area contributed by atoms with Gasteiger partial charge in [0.05, 0.1) is 5.69 Å². The van der Waals surface area contributed by atoms with Crippen molar-refractivity contribution in [3.63, 3.8) is 0 Å². The van der Waals surface area contributed by atoms with Crippen molar-refractivity contribution in [2.24, 2.45) is 5.73 Å². The lowest BCUT2D eigenvalue weighted by Gasteiger charge is -2.30. The quantitative estimate of drug-likeness (QED) is 0.916. The zero-order chi connectivity index (χ0) is 13.2. The van der Waals surface area contributed by atoms with E-state index in [1.807, 2.05) is 0 Å². The molecule has 1 fully saturated rings. The summed E-state index contributed by atoms with van der Waals surface area (Å²) in [5, 5.41) is 0. The van der Waals surface area contributed by atoms with Crippen LogP contribution in [0.15, 0.2) is 24.5 Å². The number of hydrogen-bond donors (Lipinski definition) is 1. The predicted octanol–water partition coefficient (Wildman–Crippen LogP) is 1.99. The molecule has 1 saturated heterocycles. The van der Waals surface area contributed by atoms with E-state index in [0.29, 0.717) is 12.5 Å². The smallest absolute Gasteiger partial charge is 0.137 e. The number of piperidine rings is 1. The molecule has 19 heavy (non-hydrogen) atoms. The first-order valence-electron chi connectivity index (χ1n) is 7.20. The summed E-state index contributed by atoms with van der Waals surface area (Å²) in [6.45, 7) is 6.38. The summed E-state index contributed by atoms with van der Waals surface area (Å²) in [6, 6.07) is 4.12. The molecule has 0 bridgehead atoms. The fourth-order valence-electron chi connectivity index (χ4n) is 2.92. The average Bonchev–Trinajstić information content (AvgIpc) is 2.90. The Labute approximate surface area is 114 Å². The Kier molecular flexibility index (Phi) is 3.53. The molecule has 1 aliphatic rings. The number of likely N-dealkylation sites (tertiary alicyclic amines) is 1. The molecule has 2 aromatic rings. The molecule has 0 spiro atoms. The maximum atomic E-state index is 5.68. The highest BCUT2D eigenvalue weighted by Gasteiger charge is 2.21. The number of nitrogens with two attached hydrogens (primary N) is 1. The van der Waals surface area contributed by atoms with E-state index in [9.17, 15) is 0 Å². The molecular formula is C15H22N4. The Morgan fingerprint density at radius 3 is 2.74 bits per heavy atom. The minimum atomic E-state index is 0.582. The fourth-order valence-corrected chi connectivity index (χ4v) is 2.92. The van der Waals surface area contributed by atoms with Crippen molar-refractivity contribution < 1.29 is 0 Å². The first kappa shape index (κ1) is 12.6. The van der Waals surface area contributed by atoms with Crippen molar-refractivity contribution >= 4 is 5.65 Å². The van der Waals surface area contributed by atoms with Gasteiger partial charge >= 0.3 is 0 Å². The lowest BCUT2D eigenvalue weighted by Crippen LogP contribution is -2.32. The number of hydrogen-bond acceptors (Lipinski definition) is 3. The van der Waals surface area contributed by atoms with Gasteiger partial charge in [-0.2, -0.15) is 0 Å². The third-order valence-electron chi connectivity index (χ3n) is 4.22. The Morgan fingerprint density at radius 1 is 1.26 bits per heavy atom. The number of pyridine rings is 1. The second-order valence-corrected chi connectivity index (χ2v) is 5.38. The van der Waals surface area contributed by atoms with Gasteiger partial charge in [0.1, 0.15) is 5.65 Å². The number of fused-ring (bicyclic) bond motifs is 1. The van der Waals surface area contributed by atoms with E-state index in [1.54, 1.807) is 0 Å². The van der Waals surface area contributed by atoms with Crippen LogP contribution < -0.4 is 5.73 Å². The topological polar surface area (TPSA) is 46.6 Å². The molecule has 4 nitrogen and oxygen atoms in total. The van der Waals surface area contributed by atoms with Crippen LogP contribution in [0.3, 0.4) is 0 Å². The minimum Gasteiger partial charge on any atom is -0.326 e. The maximum Gasteiger partial charge on any atom is 0.137 e. The lowest BCUT2D eigenvalue weighted by molar-refractivity contribution is 0.221. The van der Waals surface area contributed by atoms with E-state index in [2.05, 4.69) is 40.8 Å². The summed E-state index contributed by atoms with van der Waals surface area (Å²) in [5.41, 5.74) is 9.11. The first-order valence-corrected chi connectivity index (χ1v) is 7.20. The van der Waals surface area contributed by atoms with Crippen LogP contribution in [-0.2, 0) is 6.54 Å². The van der Waals surface area contributed by atoms with Crippen molar-refractivity contribution in [3.8, 4) is 0 Å². The molecule has 0 atom stereocenters. The molecule has 3 heterocycles. The van der Waals surface area contributed by atoms with Gasteiger partial charge in [0.25, 0.3) is 0 Å². The van der Waals surface area contributed by atoms with Gasteiger partial charge in [0.15, 0.2) is 0 Å². The van der Waals surface area contributed by atoms with E-state index in [4.69, 9.17) is 10.7 Å². The molecular weight excluding hydrogens is 236 g/mol. The monoisotopic (exact) mass is 258 g/mol. The number of aromatic nitrogens is 2. The molecule has 2 N–H and O–H groups in total. The van der Waals surface area contributed by atoms with Crippen molar-refractivity contribution in [1.29, 1.82) is 0 Å². The Balaban J connectivity index is 1.81. The van der Waals surface area contributed by atoms with Crippen LogP contribution in [0.25, 0.3) is 5.65 Å². The molecule has 0 unspecified atom stereocenters. The van der Waals surface area contributed by atoms with Crippen molar-refractivity contribution in [1.82, 2.24) is 14.3 Å². The van der Waals surface area contributed by atoms with Crippen LogP contribution in [-0.4, -0.2) is 33.9 Å². The number of nitrogens with zero attached hydrogens (tertiary/aromatic N) is 3. The second kappa shape index (κ2) is 5.31. The molecule has 0 radical (unpaired) electrons. The molecule has 102 valence electrons. The van der Waals surface area contributed by atoms with Gasteiger partial charge in [-0.25, -0.2) is 4.98 Å². The van der Waals surface area contributed by atoms with E-state index in [0.717, 1.165) is 17.8 Å². The summed E-state index contributed by atoms with van der Waals surface area (Å²) in [7, 11) is 0. The Bertz CT molecular complexity index is 552. The summed E-state index contributed by atoms with van der Waals surface area (Å²) < 4.78 is 2.11. The largest absolute Gasteiger partial charge is 0.326 e. The lowest BCUT2D eigenvalue weighted by atomic mass is 9.94. The van der Waals surface area contributed by atoms with Crippen LogP contribution in [0, 0.1) is 0 Å². The van der Waals surface area contributed by atoms with Crippen LogP contribution in [0.1, 0.15) is 36.9 Å². The highest BCUT2D eigenvalue weighted by molar-refractivity contribution is 5.42. The Morgan fingerprint density at radius 2 is 2.05 bits per heavy atom. The zero-order valence-corrected chi connectivity index (χ0v) is 11.5. The van der Waals surface area contributed by atoms with E-state index < -0.39 is 0 Å². The van der Waals surface area contributed by atoms with E-state index in [1.165, 1.54) is 31.6 Å². The van der Waals surface area contributed by atoms with Crippen LogP contribution in [0.4, 0.5) is 0 Å². The normalized spacial score (nSPS) is 18.2. The standard InChI is InChI=1S/C15H22N4/c1-2-18-7-5-13(6-8-18)14-11-19-10-12(9-16)3-4-15(19)17-14/h3-4,10-11,13H,2,5-9,16H2,1H3. The molecule has 0 amide bonds. The molecule has 0 aliphatic carbocycles. The number of imidazole rings is 1. The first-order chi connectivity index (χ1) is 9.30. The van der Waals surface area contributed by atoms with E-state index >= 15 is 0 Å².